The van der Waals surface area contributed by atoms with E-state index in [1.54, 1.807) is 37.3 Å². The third-order valence-electron chi connectivity index (χ3n) is 5.04. The molecule has 0 bridgehead atoms. The molecule has 1 aromatic heterocycles. The summed E-state index contributed by atoms with van der Waals surface area (Å²) < 4.78 is 37.4. The van der Waals surface area contributed by atoms with Crippen LogP contribution in [0.1, 0.15) is 11.1 Å². The van der Waals surface area contributed by atoms with Crippen molar-refractivity contribution in [1.29, 1.82) is 0 Å². The lowest BCUT2D eigenvalue weighted by atomic mass is 10.2. The Bertz CT molecular complexity index is 1020. The first kappa shape index (κ1) is 23.8. The van der Waals surface area contributed by atoms with E-state index < -0.39 is 10.0 Å². The van der Waals surface area contributed by atoms with Gasteiger partial charge >= 0.3 is 6.03 Å². The molecule has 2 aromatic rings. The molecule has 32 heavy (non-hydrogen) atoms. The maximum Gasteiger partial charge on any atom is 0.317 e. The van der Waals surface area contributed by atoms with Crippen LogP contribution in [0.5, 0.6) is 11.6 Å². The minimum absolute atomic E-state index is 0.113. The summed E-state index contributed by atoms with van der Waals surface area (Å²) in [7, 11) is -2.24. The van der Waals surface area contributed by atoms with Crippen molar-refractivity contribution in [1.82, 2.24) is 19.5 Å². The van der Waals surface area contributed by atoms with Gasteiger partial charge in [-0.1, -0.05) is 12.1 Å². The number of aryl methyl sites for hydroxylation is 1. The zero-order valence-corrected chi connectivity index (χ0v) is 19.0. The molecule has 1 aliphatic heterocycles. The van der Waals surface area contributed by atoms with Gasteiger partial charge in [-0.3, -0.25) is 0 Å². The Labute approximate surface area is 187 Å². The number of aromatic nitrogens is 1. The summed E-state index contributed by atoms with van der Waals surface area (Å²) in [5, 5.41) is 12.8. The van der Waals surface area contributed by atoms with Gasteiger partial charge in [-0.05, 0) is 30.2 Å². The van der Waals surface area contributed by atoms with E-state index >= 15 is 0 Å². The zero-order chi connectivity index (χ0) is 23.1. The molecule has 1 aliphatic rings. The molecule has 11 heteroatoms. The quantitative estimate of drug-likeness (QED) is 0.566. The number of nitrogens with one attached hydrogen (secondary N) is 1. The third-order valence-corrected chi connectivity index (χ3v) is 6.97. The number of piperazine rings is 1. The van der Waals surface area contributed by atoms with Gasteiger partial charge in [-0.15, -0.1) is 0 Å². The second-order valence-corrected chi connectivity index (χ2v) is 9.27. The molecular weight excluding hydrogens is 436 g/mol. The summed E-state index contributed by atoms with van der Waals surface area (Å²) in [5.41, 5.74) is 1.55. The first-order valence-corrected chi connectivity index (χ1v) is 11.6. The van der Waals surface area contributed by atoms with Crippen LogP contribution in [0, 0.1) is 6.92 Å². The number of phenols is 1. The number of hydrogen-bond acceptors (Lipinski definition) is 7. The Morgan fingerprint density at radius 2 is 1.91 bits per heavy atom. The predicted octanol–water partition coefficient (Wildman–Crippen LogP) is 1.34. The molecule has 1 saturated heterocycles. The van der Waals surface area contributed by atoms with Crippen LogP contribution in [0.2, 0.25) is 0 Å². The molecule has 0 atom stereocenters. The normalized spacial score (nSPS) is 14.9. The largest absolute Gasteiger partial charge is 0.507 e. The lowest BCUT2D eigenvalue weighted by molar-refractivity contribution is 0.143. The van der Waals surface area contributed by atoms with Crippen molar-refractivity contribution in [2.45, 2.75) is 18.4 Å². The van der Waals surface area contributed by atoms with Gasteiger partial charge in [0.15, 0.2) is 0 Å². The number of phenolic OH excluding ortho intramolecular Hbond substituents is 1. The molecule has 0 radical (unpaired) electrons. The number of hydrogen-bond donors (Lipinski definition) is 2. The number of nitrogens with zero attached hydrogens (tertiary/aromatic N) is 3. The highest BCUT2D eigenvalue weighted by molar-refractivity contribution is 7.89. The zero-order valence-electron chi connectivity index (χ0n) is 18.2. The molecule has 2 heterocycles. The van der Waals surface area contributed by atoms with Crippen LogP contribution in [0.15, 0.2) is 41.4 Å². The number of carbonyl (C=O) groups is 1. The van der Waals surface area contributed by atoms with Gasteiger partial charge in [0.2, 0.25) is 15.9 Å². The Morgan fingerprint density at radius 3 is 2.56 bits per heavy atom. The molecule has 2 N–H and O–H groups in total. The van der Waals surface area contributed by atoms with E-state index in [0.717, 1.165) is 11.1 Å². The molecule has 10 nitrogen and oxygen atoms in total. The Morgan fingerprint density at radius 1 is 1.16 bits per heavy atom. The van der Waals surface area contributed by atoms with Crippen molar-refractivity contribution >= 4 is 16.1 Å². The van der Waals surface area contributed by atoms with Gasteiger partial charge in [0.25, 0.3) is 0 Å². The molecule has 0 saturated carbocycles. The maximum atomic E-state index is 12.9. The number of amides is 2. The summed E-state index contributed by atoms with van der Waals surface area (Å²) in [6.45, 7) is 3.74. The number of sulfonamides is 1. The van der Waals surface area contributed by atoms with Crippen molar-refractivity contribution in [2.24, 2.45) is 0 Å². The number of carbonyl (C=O) groups excluding carboxylic acids is 1. The number of aromatic hydroxyl groups is 1. The molecule has 174 valence electrons. The standard InChI is InChI=1S/C21H28N4O6S/c1-16-3-5-18(26)19(13-16)32(28,29)25-9-7-24(8-10-25)21(27)23-15-17-4-6-20(22-14-17)31-12-11-30-2/h3-6,13-14,26H,7-12,15H2,1-2H3,(H,23,27). The van der Waals surface area contributed by atoms with Crippen LogP contribution in [0.3, 0.4) is 0 Å². The first-order valence-electron chi connectivity index (χ1n) is 10.2. The van der Waals surface area contributed by atoms with Gasteiger partial charge in [-0.2, -0.15) is 4.31 Å². The van der Waals surface area contributed by atoms with E-state index in [4.69, 9.17) is 9.47 Å². The molecule has 2 amide bonds. The SMILES string of the molecule is COCCOc1ccc(CNC(=O)N2CCN(S(=O)(=O)c3cc(C)ccc3O)CC2)cn1. The molecule has 1 fully saturated rings. The number of ether oxygens (including phenoxy) is 2. The van der Waals surface area contributed by atoms with Crippen molar-refractivity contribution in [3.05, 3.63) is 47.7 Å². The van der Waals surface area contributed by atoms with E-state index in [0.29, 0.717) is 25.6 Å². The van der Waals surface area contributed by atoms with Crippen molar-refractivity contribution in [2.75, 3.05) is 46.5 Å². The fraction of sp³-hybridized carbons (Fsp3) is 0.429. The maximum absolute atomic E-state index is 12.9. The van der Waals surface area contributed by atoms with E-state index in [1.165, 1.54) is 16.4 Å². The summed E-state index contributed by atoms with van der Waals surface area (Å²) in [6.07, 6.45) is 1.63. The second-order valence-electron chi connectivity index (χ2n) is 7.37. The highest BCUT2D eigenvalue weighted by atomic mass is 32.2. The number of methoxy groups -OCH3 is 1. The molecule has 0 aliphatic carbocycles. The van der Waals surface area contributed by atoms with Gasteiger partial charge < -0.3 is 24.8 Å². The van der Waals surface area contributed by atoms with Crippen LogP contribution >= 0.6 is 0 Å². The molecular formula is C21H28N4O6S. The highest BCUT2D eigenvalue weighted by Crippen LogP contribution is 2.27. The van der Waals surface area contributed by atoms with Gasteiger partial charge in [0.05, 0.1) is 6.61 Å². The summed E-state index contributed by atoms with van der Waals surface area (Å²) >= 11 is 0. The van der Waals surface area contributed by atoms with Crippen LogP contribution in [-0.4, -0.2) is 80.2 Å². The van der Waals surface area contributed by atoms with E-state index in [2.05, 4.69) is 10.3 Å². The Hall–Kier alpha value is -2.89. The van der Waals surface area contributed by atoms with Crippen LogP contribution in [0.25, 0.3) is 0 Å². The third kappa shape index (κ3) is 5.87. The molecule has 1 aromatic carbocycles. The predicted molar refractivity (Wildman–Crippen MR) is 117 cm³/mol. The van der Waals surface area contributed by atoms with E-state index in [1.807, 2.05) is 6.07 Å². The summed E-state index contributed by atoms with van der Waals surface area (Å²) in [5.74, 6) is 0.202. The summed E-state index contributed by atoms with van der Waals surface area (Å²) in [6, 6.07) is 7.73. The average molecular weight is 465 g/mol. The van der Waals surface area contributed by atoms with Gasteiger partial charge in [-0.25, -0.2) is 18.2 Å². The molecule has 3 rings (SSSR count). The first-order chi connectivity index (χ1) is 15.3. The topological polar surface area (TPSA) is 121 Å². The molecule has 0 unspecified atom stereocenters. The number of pyridine rings is 1. The lowest BCUT2D eigenvalue weighted by Crippen LogP contribution is -2.52. The minimum Gasteiger partial charge on any atom is -0.507 e. The Balaban J connectivity index is 1.49. The van der Waals surface area contributed by atoms with Crippen molar-refractivity contribution in [3.8, 4) is 11.6 Å². The van der Waals surface area contributed by atoms with E-state index in [-0.39, 0.29) is 42.9 Å². The van der Waals surface area contributed by atoms with Crippen molar-refractivity contribution in [3.63, 3.8) is 0 Å². The Kier molecular flexibility index (Phi) is 7.89. The highest BCUT2D eigenvalue weighted by Gasteiger charge is 2.31. The van der Waals surface area contributed by atoms with Crippen molar-refractivity contribution < 1.29 is 27.8 Å². The fourth-order valence-electron chi connectivity index (χ4n) is 3.22. The number of rotatable bonds is 8. The van der Waals surface area contributed by atoms with E-state index in [9.17, 15) is 18.3 Å². The monoisotopic (exact) mass is 464 g/mol. The summed E-state index contributed by atoms with van der Waals surface area (Å²) in [4.78, 5) is 18.1. The lowest BCUT2D eigenvalue weighted by Gasteiger charge is -2.34. The van der Waals surface area contributed by atoms with Crippen LogP contribution < -0.4 is 10.1 Å². The van der Waals surface area contributed by atoms with Gasteiger partial charge in [0.1, 0.15) is 17.3 Å². The van der Waals surface area contributed by atoms with Gasteiger partial charge in [0, 0.05) is 52.1 Å². The fourth-order valence-corrected chi connectivity index (χ4v) is 4.81. The molecule has 0 spiro atoms. The average Bonchev–Trinajstić information content (AvgIpc) is 2.80. The second kappa shape index (κ2) is 10.6. The minimum atomic E-state index is -3.84. The van der Waals surface area contributed by atoms with Crippen LogP contribution in [-0.2, 0) is 21.3 Å². The van der Waals surface area contributed by atoms with Crippen LogP contribution in [0.4, 0.5) is 4.79 Å². The smallest absolute Gasteiger partial charge is 0.317 e. The number of benzene rings is 1. The number of urea groups is 1.